The van der Waals surface area contributed by atoms with Gasteiger partial charge in [0.1, 0.15) is 0 Å². The van der Waals surface area contributed by atoms with Gasteiger partial charge >= 0.3 is 0 Å². The first-order valence-electron chi connectivity index (χ1n) is 7.70. The van der Waals surface area contributed by atoms with E-state index < -0.39 is 0 Å². The van der Waals surface area contributed by atoms with E-state index in [2.05, 4.69) is 17.6 Å². The molecule has 1 aromatic carbocycles. The number of carbonyl (C=O) groups excluding carboxylic acids is 2. The Balaban J connectivity index is 1.91. The van der Waals surface area contributed by atoms with Crippen LogP contribution in [-0.2, 0) is 11.3 Å². The van der Waals surface area contributed by atoms with Crippen molar-refractivity contribution in [3.8, 4) is 0 Å². The van der Waals surface area contributed by atoms with E-state index in [4.69, 9.17) is 0 Å². The molecule has 1 fully saturated rings. The molecule has 0 aromatic heterocycles. The lowest BCUT2D eigenvalue weighted by Crippen LogP contribution is -2.41. The van der Waals surface area contributed by atoms with Crippen molar-refractivity contribution in [3.05, 3.63) is 35.4 Å². The average Bonchev–Trinajstić information content (AvgIpc) is 2.48. The summed E-state index contributed by atoms with van der Waals surface area (Å²) < 4.78 is 0. The Morgan fingerprint density at radius 2 is 1.81 bits per heavy atom. The molecule has 0 heterocycles. The number of benzene rings is 1. The minimum atomic E-state index is -0.0527. The fourth-order valence-corrected chi connectivity index (χ4v) is 2.78. The Kier molecular flexibility index (Phi) is 5.37. The van der Waals surface area contributed by atoms with Crippen molar-refractivity contribution in [2.45, 2.75) is 52.1 Å². The van der Waals surface area contributed by atoms with Gasteiger partial charge in [-0.1, -0.05) is 31.9 Å². The highest BCUT2D eigenvalue weighted by atomic mass is 16.2. The van der Waals surface area contributed by atoms with E-state index in [1.54, 1.807) is 0 Å². The van der Waals surface area contributed by atoms with Crippen LogP contribution in [0.15, 0.2) is 24.3 Å². The number of nitrogens with one attached hydrogen (secondary N) is 2. The topological polar surface area (TPSA) is 58.2 Å². The lowest BCUT2D eigenvalue weighted by molar-refractivity contribution is -0.119. The molecule has 0 spiro atoms. The molecule has 21 heavy (non-hydrogen) atoms. The second-order valence-electron chi connectivity index (χ2n) is 5.95. The van der Waals surface area contributed by atoms with Crippen molar-refractivity contribution in [2.75, 3.05) is 0 Å². The van der Waals surface area contributed by atoms with Gasteiger partial charge in [0.2, 0.25) is 5.91 Å². The van der Waals surface area contributed by atoms with Crippen LogP contribution in [0, 0.1) is 5.92 Å². The van der Waals surface area contributed by atoms with Crippen molar-refractivity contribution in [1.82, 2.24) is 10.6 Å². The van der Waals surface area contributed by atoms with Gasteiger partial charge in [0.25, 0.3) is 5.91 Å². The Morgan fingerprint density at radius 3 is 2.43 bits per heavy atom. The highest BCUT2D eigenvalue weighted by Crippen LogP contribution is 2.24. The molecular formula is C17H24N2O2. The average molecular weight is 288 g/mol. The molecule has 1 aliphatic rings. The summed E-state index contributed by atoms with van der Waals surface area (Å²) in [5, 5.41) is 5.89. The number of carbonyl (C=O) groups is 2. The van der Waals surface area contributed by atoms with Crippen molar-refractivity contribution >= 4 is 11.8 Å². The predicted octanol–water partition coefficient (Wildman–Crippen LogP) is 2.63. The van der Waals surface area contributed by atoms with Gasteiger partial charge in [-0.2, -0.15) is 0 Å². The van der Waals surface area contributed by atoms with E-state index in [1.807, 2.05) is 24.3 Å². The summed E-state index contributed by atoms with van der Waals surface area (Å²) >= 11 is 0. The Hall–Kier alpha value is -1.84. The van der Waals surface area contributed by atoms with Crippen molar-refractivity contribution in [3.63, 3.8) is 0 Å². The molecule has 0 bridgehead atoms. The standard InChI is InChI=1S/C17H24N2O2/c1-12-5-3-4-6-16(12)19-17(21)15-9-7-14(8-10-15)11-18-13(2)20/h7-10,12,16H,3-6,11H2,1-2H3,(H,18,20)(H,19,21)/t12-,16-/m0/s1. The summed E-state index contributed by atoms with van der Waals surface area (Å²) in [7, 11) is 0. The van der Waals surface area contributed by atoms with E-state index in [-0.39, 0.29) is 11.8 Å². The van der Waals surface area contributed by atoms with Crippen LogP contribution < -0.4 is 10.6 Å². The largest absolute Gasteiger partial charge is 0.352 e. The molecule has 0 unspecified atom stereocenters. The molecule has 2 rings (SSSR count). The van der Waals surface area contributed by atoms with Gasteiger partial charge < -0.3 is 10.6 Å². The first kappa shape index (κ1) is 15.5. The lowest BCUT2D eigenvalue weighted by Gasteiger charge is -2.29. The fraction of sp³-hybridized carbons (Fsp3) is 0.529. The highest BCUT2D eigenvalue weighted by Gasteiger charge is 2.23. The van der Waals surface area contributed by atoms with Crippen LogP contribution in [0.3, 0.4) is 0 Å². The second-order valence-corrected chi connectivity index (χ2v) is 5.95. The number of amides is 2. The molecular weight excluding hydrogens is 264 g/mol. The predicted molar refractivity (Wildman–Crippen MR) is 82.8 cm³/mol. The van der Waals surface area contributed by atoms with Crippen LogP contribution in [0.5, 0.6) is 0 Å². The van der Waals surface area contributed by atoms with Crippen LogP contribution in [-0.4, -0.2) is 17.9 Å². The highest BCUT2D eigenvalue weighted by molar-refractivity contribution is 5.94. The molecule has 1 saturated carbocycles. The number of hydrogen-bond acceptors (Lipinski definition) is 2. The molecule has 0 saturated heterocycles. The van der Waals surface area contributed by atoms with E-state index in [0.717, 1.165) is 12.0 Å². The van der Waals surface area contributed by atoms with Gasteiger partial charge in [-0.15, -0.1) is 0 Å². The molecule has 4 heteroatoms. The minimum absolute atomic E-state index is 0.000160. The molecule has 0 aliphatic heterocycles. The van der Waals surface area contributed by atoms with Gasteiger partial charge in [0.15, 0.2) is 0 Å². The van der Waals surface area contributed by atoms with E-state index in [9.17, 15) is 9.59 Å². The summed E-state index contributed by atoms with van der Waals surface area (Å²) in [5.41, 5.74) is 1.67. The molecule has 2 amide bonds. The maximum atomic E-state index is 12.3. The van der Waals surface area contributed by atoms with Gasteiger partial charge in [-0.05, 0) is 36.5 Å². The van der Waals surface area contributed by atoms with Crippen LogP contribution in [0.1, 0.15) is 55.5 Å². The minimum Gasteiger partial charge on any atom is -0.352 e. The zero-order valence-electron chi connectivity index (χ0n) is 12.8. The van der Waals surface area contributed by atoms with Gasteiger partial charge in [-0.3, -0.25) is 9.59 Å². The fourth-order valence-electron chi connectivity index (χ4n) is 2.78. The van der Waals surface area contributed by atoms with Crippen LogP contribution in [0.25, 0.3) is 0 Å². The van der Waals surface area contributed by atoms with Crippen LogP contribution in [0.4, 0.5) is 0 Å². The zero-order valence-corrected chi connectivity index (χ0v) is 12.8. The molecule has 1 aromatic rings. The van der Waals surface area contributed by atoms with Crippen molar-refractivity contribution in [2.24, 2.45) is 5.92 Å². The maximum Gasteiger partial charge on any atom is 0.251 e. The molecule has 0 radical (unpaired) electrons. The molecule has 1 aliphatic carbocycles. The van der Waals surface area contributed by atoms with Gasteiger partial charge in [-0.25, -0.2) is 0 Å². The Morgan fingerprint density at radius 1 is 1.14 bits per heavy atom. The molecule has 2 N–H and O–H groups in total. The quantitative estimate of drug-likeness (QED) is 0.895. The maximum absolute atomic E-state index is 12.3. The normalized spacial score (nSPS) is 21.6. The third-order valence-corrected chi connectivity index (χ3v) is 4.19. The second kappa shape index (κ2) is 7.25. The SMILES string of the molecule is CC(=O)NCc1ccc(C(=O)N[C@H]2CCCC[C@@H]2C)cc1. The van der Waals surface area contributed by atoms with E-state index >= 15 is 0 Å². The summed E-state index contributed by atoms with van der Waals surface area (Å²) in [6.07, 6.45) is 4.74. The molecule has 114 valence electrons. The Bertz CT molecular complexity index is 496. The number of hydrogen-bond donors (Lipinski definition) is 2. The first-order chi connectivity index (χ1) is 10.1. The summed E-state index contributed by atoms with van der Waals surface area (Å²) in [6.45, 7) is 4.20. The van der Waals surface area contributed by atoms with E-state index in [1.165, 1.54) is 26.2 Å². The summed E-state index contributed by atoms with van der Waals surface area (Å²) in [5.74, 6) is 0.504. The number of rotatable bonds is 4. The third kappa shape index (κ3) is 4.59. The first-order valence-corrected chi connectivity index (χ1v) is 7.70. The van der Waals surface area contributed by atoms with E-state index in [0.29, 0.717) is 24.1 Å². The monoisotopic (exact) mass is 288 g/mol. The van der Waals surface area contributed by atoms with Crippen LogP contribution in [0.2, 0.25) is 0 Å². The third-order valence-electron chi connectivity index (χ3n) is 4.19. The Labute approximate surface area is 126 Å². The van der Waals surface area contributed by atoms with Gasteiger partial charge in [0, 0.05) is 25.1 Å². The van der Waals surface area contributed by atoms with Gasteiger partial charge in [0.05, 0.1) is 0 Å². The van der Waals surface area contributed by atoms with Crippen LogP contribution >= 0.6 is 0 Å². The lowest BCUT2D eigenvalue weighted by atomic mass is 9.86. The molecule has 4 nitrogen and oxygen atoms in total. The summed E-state index contributed by atoms with van der Waals surface area (Å²) in [4.78, 5) is 23.1. The smallest absolute Gasteiger partial charge is 0.251 e. The molecule has 2 atom stereocenters. The van der Waals surface area contributed by atoms with Crippen molar-refractivity contribution in [1.29, 1.82) is 0 Å². The zero-order chi connectivity index (χ0) is 15.2. The van der Waals surface area contributed by atoms with Crippen molar-refractivity contribution < 1.29 is 9.59 Å². The summed E-state index contributed by atoms with van der Waals surface area (Å²) in [6, 6.07) is 7.70.